The molecule has 0 radical (unpaired) electrons. The lowest BCUT2D eigenvalue weighted by atomic mass is 9.78. The maximum absolute atomic E-state index is 11.5. The number of rotatable bonds is 4. The van der Waals surface area contributed by atoms with E-state index in [-0.39, 0.29) is 5.54 Å². The van der Waals surface area contributed by atoms with Gasteiger partial charge in [0.15, 0.2) is 0 Å². The fraction of sp³-hybridized carbons (Fsp3) is 1.00. The molecule has 6 heteroatoms. The highest BCUT2D eigenvalue weighted by Gasteiger charge is 2.39. The zero-order chi connectivity index (χ0) is 10.1. The third kappa shape index (κ3) is 2.19. The minimum atomic E-state index is -3.33. The van der Waals surface area contributed by atoms with Crippen molar-refractivity contribution in [2.45, 2.75) is 24.8 Å². The third-order valence-corrected chi connectivity index (χ3v) is 4.18. The summed E-state index contributed by atoms with van der Waals surface area (Å²) in [6, 6.07) is 0. The summed E-state index contributed by atoms with van der Waals surface area (Å²) in [7, 11) is -0.315. The van der Waals surface area contributed by atoms with E-state index < -0.39 is 10.2 Å². The van der Waals surface area contributed by atoms with Crippen LogP contribution in [-0.4, -0.2) is 38.9 Å². The van der Waals surface area contributed by atoms with Crippen molar-refractivity contribution < 1.29 is 8.42 Å². The Labute approximate surface area is 79.5 Å². The molecule has 78 valence electrons. The van der Waals surface area contributed by atoms with E-state index in [4.69, 9.17) is 5.73 Å². The van der Waals surface area contributed by atoms with Crippen molar-refractivity contribution in [2.24, 2.45) is 5.73 Å². The van der Waals surface area contributed by atoms with Gasteiger partial charge in [0.1, 0.15) is 0 Å². The lowest BCUT2D eigenvalue weighted by Crippen LogP contribution is -2.60. The molecule has 0 unspecified atom stereocenters. The minimum absolute atomic E-state index is 0.372. The maximum atomic E-state index is 11.5. The first-order chi connectivity index (χ1) is 5.92. The molecule has 3 N–H and O–H groups in total. The SMILES string of the molecule is CN(C)S(=O)(=O)NC1(CN)CCC1. The van der Waals surface area contributed by atoms with Crippen LogP contribution in [0.4, 0.5) is 0 Å². The number of nitrogens with two attached hydrogens (primary N) is 1. The standard InChI is InChI=1S/C7H17N3O2S/c1-10(2)13(11,12)9-7(6-8)4-3-5-7/h9H,3-6,8H2,1-2H3. The largest absolute Gasteiger partial charge is 0.329 e. The van der Waals surface area contributed by atoms with Gasteiger partial charge in [-0.2, -0.15) is 17.4 Å². The summed E-state index contributed by atoms with van der Waals surface area (Å²) < 4.78 is 26.7. The molecule has 0 aromatic heterocycles. The smallest absolute Gasteiger partial charge is 0.279 e. The van der Waals surface area contributed by atoms with E-state index in [1.807, 2.05) is 0 Å². The highest BCUT2D eigenvalue weighted by Crippen LogP contribution is 2.31. The summed E-state index contributed by atoms with van der Waals surface area (Å²) in [5.41, 5.74) is 5.16. The summed E-state index contributed by atoms with van der Waals surface area (Å²) in [6.07, 6.45) is 2.74. The van der Waals surface area contributed by atoms with Gasteiger partial charge in [0.25, 0.3) is 10.2 Å². The van der Waals surface area contributed by atoms with Gasteiger partial charge in [0.2, 0.25) is 0 Å². The van der Waals surface area contributed by atoms with E-state index in [2.05, 4.69) is 4.72 Å². The van der Waals surface area contributed by atoms with Crippen LogP contribution in [0, 0.1) is 0 Å². The van der Waals surface area contributed by atoms with Crippen molar-refractivity contribution in [3.63, 3.8) is 0 Å². The molecule has 0 amide bonds. The molecule has 13 heavy (non-hydrogen) atoms. The molecule has 1 aliphatic carbocycles. The van der Waals surface area contributed by atoms with Gasteiger partial charge < -0.3 is 5.73 Å². The van der Waals surface area contributed by atoms with Gasteiger partial charge in [0.05, 0.1) is 0 Å². The Morgan fingerprint density at radius 3 is 2.23 bits per heavy atom. The molecule has 0 atom stereocenters. The quantitative estimate of drug-likeness (QED) is 0.638. The Balaban J connectivity index is 2.67. The summed E-state index contributed by atoms with van der Waals surface area (Å²) in [4.78, 5) is 0. The fourth-order valence-electron chi connectivity index (χ4n) is 1.32. The van der Waals surface area contributed by atoms with Crippen LogP contribution < -0.4 is 10.5 Å². The topological polar surface area (TPSA) is 75.4 Å². The lowest BCUT2D eigenvalue weighted by Gasteiger charge is -2.41. The van der Waals surface area contributed by atoms with Crippen LogP contribution in [0.2, 0.25) is 0 Å². The average Bonchev–Trinajstić information content (AvgIpc) is 1.96. The second-order valence-corrected chi connectivity index (χ2v) is 5.61. The van der Waals surface area contributed by atoms with Crippen molar-refractivity contribution in [3.8, 4) is 0 Å². The summed E-state index contributed by atoms with van der Waals surface area (Å²) in [5, 5.41) is 0. The average molecular weight is 207 g/mol. The van der Waals surface area contributed by atoms with E-state index in [0.717, 1.165) is 19.3 Å². The number of hydrogen-bond acceptors (Lipinski definition) is 3. The molecule has 0 saturated heterocycles. The Morgan fingerprint density at radius 1 is 1.46 bits per heavy atom. The van der Waals surface area contributed by atoms with Gasteiger partial charge in [-0.3, -0.25) is 0 Å². The molecule has 1 saturated carbocycles. The van der Waals surface area contributed by atoms with Crippen molar-refractivity contribution >= 4 is 10.2 Å². The normalized spacial score (nSPS) is 21.5. The highest BCUT2D eigenvalue weighted by molar-refractivity contribution is 7.87. The van der Waals surface area contributed by atoms with Crippen LogP contribution in [0.5, 0.6) is 0 Å². The van der Waals surface area contributed by atoms with Gasteiger partial charge in [-0.1, -0.05) is 0 Å². The number of hydrogen-bond donors (Lipinski definition) is 2. The monoisotopic (exact) mass is 207 g/mol. The lowest BCUT2D eigenvalue weighted by molar-refractivity contribution is 0.227. The molecule has 0 bridgehead atoms. The van der Waals surface area contributed by atoms with Crippen LogP contribution in [0.1, 0.15) is 19.3 Å². The van der Waals surface area contributed by atoms with Gasteiger partial charge in [-0.05, 0) is 19.3 Å². The molecule has 0 heterocycles. The van der Waals surface area contributed by atoms with Gasteiger partial charge in [-0.15, -0.1) is 0 Å². The predicted octanol–water partition coefficient (Wildman–Crippen LogP) is -0.736. The zero-order valence-corrected chi connectivity index (χ0v) is 8.89. The van der Waals surface area contributed by atoms with Crippen LogP contribution in [0.15, 0.2) is 0 Å². The van der Waals surface area contributed by atoms with Gasteiger partial charge >= 0.3 is 0 Å². The van der Waals surface area contributed by atoms with Crippen molar-refractivity contribution in [3.05, 3.63) is 0 Å². The molecule has 0 aromatic carbocycles. The second-order valence-electron chi connectivity index (χ2n) is 3.73. The molecule has 1 aliphatic rings. The minimum Gasteiger partial charge on any atom is -0.329 e. The highest BCUT2D eigenvalue weighted by atomic mass is 32.2. The first kappa shape index (κ1) is 10.9. The zero-order valence-electron chi connectivity index (χ0n) is 8.08. The molecule has 0 aromatic rings. The Morgan fingerprint density at radius 2 is 2.00 bits per heavy atom. The Hall–Kier alpha value is -0.170. The van der Waals surface area contributed by atoms with E-state index in [9.17, 15) is 8.42 Å². The third-order valence-electron chi connectivity index (χ3n) is 2.53. The Bertz CT molecular complexity index is 264. The number of nitrogens with one attached hydrogen (secondary N) is 1. The van der Waals surface area contributed by atoms with Crippen LogP contribution in [-0.2, 0) is 10.2 Å². The summed E-state index contributed by atoms with van der Waals surface area (Å²) in [6.45, 7) is 0.375. The second kappa shape index (κ2) is 3.53. The molecule has 0 aliphatic heterocycles. The van der Waals surface area contributed by atoms with Crippen molar-refractivity contribution in [1.29, 1.82) is 0 Å². The molecular weight excluding hydrogens is 190 g/mol. The predicted molar refractivity (Wildman–Crippen MR) is 51.4 cm³/mol. The molecule has 5 nitrogen and oxygen atoms in total. The van der Waals surface area contributed by atoms with E-state index in [0.29, 0.717) is 6.54 Å². The van der Waals surface area contributed by atoms with E-state index >= 15 is 0 Å². The molecule has 1 rings (SSSR count). The van der Waals surface area contributed by atoms with Crippen LogP contribution >= 0.6 is 0 Å². The summed E-state index contributed by atoms with van der Waals surface area (Å²) >= 11 is 0. The molecular formula is C7H17N3O2S. The number of nitrogens with zero attached hydrogens (tertiary/aromatic N) is 1. The summed E-state index contributed by atoms with van der Waals surface area (Å²) in [5.74, 6) is 0. The van der Waals surface area contributed by atoms with Crippen molar-refractivity contribution in [2.75, 3.05) is 20.6 Å². The van der Waals surface area contributed by atoms with Crippen molar-refractivity contribution in [1.82, 2.24) is 9.03 Å². The maximum Gasteiger partial charge on any atom is 0.279 e. The molecule has 1 fully saturated rings. The first-order valence-electron chi connectivity index (χ1n) is 4.33. The Kier molecular flexibility index (Phi) is 2.96. The van der Waals surface area contributed by atoms with Crippen LogP contribution in [0.3, 0.4) is 0 Å². The van der Waals surface area contributed by atoms with E-state index in [1.165, 1.54) is 18.4 Å². The molecule has 0 spiro atoms. The van der Waals surface area contributed by atoms with Crippen LogP contribution in [0.25, 0.3) is 0 Å². The van der Waals surface area contributed by atoms with Gasteiger partial charge in [-0.25, -0.2) is 0 Å². The first-order valence-corrected chi connectivity index (χ1v) is 5.77. The fourth-order valence-corrected chi connectivity index (χ4v) is 2.33. The van der Waals surface area contributed by atoms with E-state index in [1.54, 1.807) is 0 Å². The van der Waals surface area contributed by atoms with Gasteiger partial charge in [0, 0.05) is 26.2 Å².